The Balaban J connectivity index is 1.51. The molecule has 2 aliphatic rings. The average molecular weight is 509 g/mol. The van der Waals surface area contributed by atoms with E-state index in [1.165, 1.54) is 34.4 Å². The number of likely N-dealkylation sites (tertiary alicyclic amines) is 1. The first-order valence-corrected chi connectivity index (χ1v) is 13.1. The summed E-state index contributed by atoms with van der Waals surface area (Å²) >= 11 is 1.23. The number of hydrogen-bond acceptors (Lipinski definition) is 8. The normalized spacial score (nSPS) is 21.3. The fourth-order valence-corrected chi connectivity index (χ4v) is 6.63. The molecule has 2 amide bonds. The predicted molar refractivity (Wildman–Crippen MR) is 120 cm³/mol. The molecule has 3 atom stereocenters. The van der Waals surface area contributed by atoms with E-state index >= 15 is 0 Å². The fraction of sp³-hybridized carbons (Fsp3) is 0.429. The summed E-state index contributed by atoms with van der Waals surface area (Å²) in [5.41, 5.74) is 0. The summed E-state index contributed by atoms with van der Waals surface area (Å²) in [7, 11) is -4.25. The molecular formula is C21H24N4O7S2. The van der Waals surface area contributed by atoms with Gasteiger partial charge in [-0.15, -0.1) is 11.3 Å². The molecule has 2 aromatic rings. The minimum absolute atomic E-state index is 0.153. The number of amides is 2. The molecule has 13 heteroatoms. The van der Waals surface area contributed by atoms with E-state index in [1.807, 2.05) is 6.92 Å². The Bertz CT molecular complexity index is 1190. The summed E-state index contributed by atoms with van der Waals surface area (Å²) in [6.45, 7) is 1.58. The number of fused-ring (bicyclic) bond motifs is 1. The molecule has 0 aliphatic carbocycles. The summed E-state index contributed by atoms with van der Waals surface area (Å²) in [6.07, 6.45) is 1.44. The van der Waals surface area contributed by atoms with E-state index in [1.54, 1.807) is 17.5 Å². The molecular weight excluding hydrogens is 484 g/mol. The zero-order chi connectivity index (χ0) is 24.5. The van der Waals surface area contributed by atoms with Crippen molar-refractivity contribution in [2.45, 2.75) is 49.3 Å². The van der Waals surface area contributed by atoms with Crippen LogP contribution in [-0.2, 0) is 19.6 Å². The molecule has 0 aromatic carbocycles. The highest BCUT2D eigenvalue weighted by atomic mass is 32.2. The summed E-state index contributed by atoms with van der Waals surface area (Å²) in [6, 6.07) is 4.69. The lowest BCUT2D eigenvalue weighted by molar-refractivity contribution is -0.646. The van der Waals surface area contributed by atoms with E-state index in [-0.39, 0.29) is 17.7 Å². The van der Waals surface area contributed by atoms with Crippen LogP contribution in [0.2, 0.25) is 0 Å². The number of pyridine rings is 1. The smallest absolute Gasteiger partial charge is 0.414 e. The maximum absolute atomic E-state index is 13.3. The number of ether oxygens (including phenoxy) is 1. The number of aromatic nitrogens is 1. The van der Waals surface area contributed by atoms with Crippen molar-refractivity contribution in [2.75, 3.05) is 13.1 Å². The van der Waals surface area contributed by atoms with E-state index in [0.717, 1.165) is 10.5 Å². The van der Waals surface area contributed by atoms with E-state index in [2.05, 4.69) is 5.32 Å². The van der Waals surface area contributed by atoms with Crippen LogP contribution >= 0.6 is 11.3 Å². The monoisotopic (exact) mass is 508 g/mol. The topological polar surface area (TPSA) is 140 Å². The first-order chi connectivity index (χ1) is 16.2. The van der Waals surface area contributed by atoms with Crippen molar-refractivity contribution in [1.82, 2.24) is 14.5 Å². The van der Waals surface area contributed by atoms with Crippen molar-refractivity contribution >= 4 is 39.1 Å². The number of sulfonamides is 1. The second-order valence-electron chi connectivity index (χ2n) is 8.02. The quantitative estimate of drug-likeness (QED) is 0.432. The lowest BCUT2D eigenvalue weighted by atomic mass is 10.1. The third-order valence-corrected chi connectivity index (χ3v) is 8.48. The van der Waals surface area contributed by atoms with Crippen LogP contribution in [0.4, 0.5) is 4.79 Å². The maximum Gasteiger partial charge on any atom is 0.414 e. The van der Waals surface area contributed by atoms with Crippen LogP contribution in [0.3, 0.4) is 0 Å². The van der Waals surface area contributed by atoms with Crippen LogP contribution in [0.5, 0.6) is 5.06 Å². The molecule has 0 radical (unpaired) electrons. The summed E-state index contributed by atoms with van der Waals surface area (Å²) in [5, 5.41) is 16.3. The molecule has 34 heavy (non-hydrogen) atoms. The van der Waals surface area contributed by atoms with E-state index in [9.17, 15) is 28.0 Å². The van der Waals surface area contributed by atoms with Crippen LogP contribution in [0.1, 0.15) is 26.2 Å². The minimum atomic E-state index is -4.25. The molecule has 0 saturated carbocycles. The van der Waals surface area contributed by atoms with Gasteiger partial charge in [0.15, 0.2) is 17.0 Å². The number of hydrogen-bond donors (Lipinski definition) is 1. The van der Waals surface area contributed by atoms with Gasteiger partial charge in [0.25, 0.3) is 0 Å². The van der Waals surface area contributed by atoms with Gasteiger partial charge in [0.1, 0.15) is 12.1 Å². The standard InChI is InChI=1S/C21H24N4O7S2/c1-2-6-14(22-21(28)32-18-8-5-12-33-18)20(27)23-11-9-15-19(23)16(26)13-25(15)34(30,31)17-7-3-4-10-24(17)29/h3-5,7-8,10,12,14-15,19H,2,6,9,11,13H2,1H3,(H,22,28). The Kier molecular flexibility index (Phi) is 6.86. The minimum Gasteiger partial charge on any atom is -0.618 e. The van der Waals surface area contributed by atoms with Gasteiger partial charge in [0, 0.05) is 18.7 Å². The first-order valence-electron chi connectivity index (χ1n) is 10.8. The van der Waals surface area contributed by atoms with E-state index in [4.69, 9.17) is 4.74 Å². The molecule has 182 valence electrons. The second kappa shape index (κ2) is 9.68. The number of nitrogens with zero attached hydrogens (tertiary/aromatic N) is 3. The molecule has 0 bridgehead atoms. The van der Waals surface area contributed by atoms with Crippen molar-refractivity contribution in [3.8, 4) is 5.06 Å². The van der Waals surface area contributed by atoms with E-state index in [0.29, 0.717) is 17.9 Å². The van der Waals surface area contributed by atoms with Gasteiger partial charge in [-0.1, -0.05) is 13.3 Å². The predicted octanol–water partition coefficient (Wildman–Crippen LogP) is 0.882. The highest BCUT2D eigenvalue weighted by Gasteiger charge is 2.55. The molecule has 2 saturated heterocycles. The number of thiophene rings is 1. The SMILES string of the molecule is CCCC(NC(=O)Oc1cccs1)C(=O)N1CCC2C1C(=O)CN2S(=O)(=O)c1cccc[n+]1[O-]. The highest BCUT2D eigenvalue weighted by Crippen LogP contribution is 2.34. The second-order valence-corrected chi connectivity index (χ2v) is 10.8. The van der Waals surface area contributed by atoms with Gasteiger partial charge >= 0.3 is 21.1 Å². The van der Waals surface area contributed by atoms with Crippen LogP contribution in [-0.4, -0.2) is 66.6 Å². The number of Topliss-reactive ketones (excluding diaryl/α,β-unsaturated/α-hetero) is 1. The molecule has 0 spiro atoms. The Morgan fingerprint density at radius 1 is 1.32 bits per heavy atom. The van der Waals surface area contributed by atoms with Gasteiger partial charge in [-0.25, -0.2) is 13.2 Å². The number of carbonyl (C=O) groups is 3. The third-order valence-electron chi connectivity index (χ3n) is 5.88. The largest absolute Gasteiger partial charge is 0.618 e. The maximum atomic E-state index is 13.3. The molecule has 2 fully saturated rings. The summed E-state index contributed by atoms with van der Waals surface area (Å²) in [5.74, 6) is -0.895. The number of nitrogens with one attached hydrogen (secondary N) is 1. The van der Waals surface area contributed by atoms with Crippen molar-refractivity contribution in [1.29, 1.82) is 0 Å². The van der Waals surface area contributed by atoms with Gasteiger partial charge in [0.05, 0.1) is 12.6 Å². The van der Waals surface area contributed by atoms with Crippen molar-refractivity contribution < 1.29 is 32.3 Å². The Labute approximate surface area is 200 Å². The lowest BCUT2D eigenvalue weighted by Gasteiger charge is -2.27. The number of rotatable bonds is 7. The zero-order valence-corrected chi connectivity index (χ0v) is 20.0. The van der Waals surface area contributed by atoms with Crippen LogP contribution in [0, 0.1) is 5.21 Å². The van der Waals surface area contributed by atoms with Gasteiger partial charge in [0.2, 0.25) is 5.91 Å². The first kappa shape index (κ1) is 24.1. The summed E-state index contributed by atoms with van der Waals surface area (Å²) < 4.78 is 32.7. The number of ketones is 1. The lowest BCUT2D eigenvalue weighted by Crippen LogP contribution is -2.53. The molecule has 1 N–H and O–H groups in total. The highest BCUT2D eigenvalue weighted by molar-refractivity contribution is 7.89. The molecule has 3 unspecified atom stereocenters. The Morgan fingerprint density at radius 3 is 2.79 bits per heavy atom. The average Bonchev–Trinajstić information content (AvgIpc) is 3.52. The zero-order valence-electron chi connectivity index (χ0n) is 18.3. The summed E-state index contributed by atoms with van der Waals surface area (Å²) in [4.78, 5) is 39.8. The van der Waals surface area contributed by atoms with Crippen LogP contribution in [0.15, 0.2) is 46.9 Å². The number of carbonyl (C=O) groups excluding carboxylic acids is 3. The van der Waals surface area contributed by atoms with Gasteiger partial charge in [-0.3, -0.25) is 9.59 Å². The van der Waals surface area contributed by atoms with Gasteiger partial charge in [-0.05, 0) is 36.4 Å². The molecule has 4 heterocycles. The van der Waals surface area contributed by atoms with E-state index < -0.39 is 57.5 Å². The van der Waals surface area contributed by atoms with Crippen molar-refractivity contribution in [3.05, 3.63) is 47.1 Å². The van der Waals surface area contributed by atoms with Crippen molar-refractivity contribution in [3.63, 3.8) is 0 Å². The van der Waals surface area contributed by atoms with Gasteiger partial charge in [-0.2, -0.15) is 9.04 Å². The van der Waals surface area contributed by atoms with Crippen molar-refractivity contribution in [2.24, 2.45) is 0 Å². The molecule has 2 aliphatic heterocycles. The Hall–Kier alpha value is -3.03. The molecule has 2 aromatic heterocycles. The third kappa shape index (κ3) is 4.50. The van der Waals surface area contributed by atoms with Gasteiger partial charge < -0.3 is 20.2 Å². The molecule has 4 rings (SSSR count). The van der Waals surface area contributed by atoms with Crippen LogP contribution < -0.4 is 14.8 Å². The van der Waals surface area contributed by atoms with Crippen LogP contribution in [0.25, 0.3) is 0 Å². The molecule has 11 nitrogen and oxygen atoms in total. The Morgan fingerprint density at radius 2 is 2.12 bits per heavy atom. The fourth-order valence-electron chi connectivity index (χ4n) is 4.40.